The fourth-order valence-corrected chi connectivity index (χ4v) is 3.16. The van der Waals surface area contributed by atoms with Crippen molar-refractivity contribution in [2.45, 2.75) is 5.41 Å². The maximum absolute atomic E-state index is 4.79. The quantitative estimate of drug-likeness (QED) is 0.612. The van der Waals surface area contributed by atoms with Gasteiger partial charge >= 0.3 is 0 Å². The fourth-order valence-electron chi connectivity index (χ4n) is 3.16. The Balaban J connectivity index is 1.90. The summed E-state index contributed by atoms with van der Waals surface area (Å²) >= 11 is 0. The van der Waals surface area contributed by atoms with Crippen LogP contribution >= 0.6 is 0 Å². The summed E-state index contributed by atoms with van der Waals surface area (Å²) in [5.74, 6) is 1.23. The van der Waals surface area contributed by atoms with Gasteiger partial charge in [0.15, 0.2) is 0 Å². The second-order valence-electron chi connectivity index (χ2n) is 4.61. The molecule has 0 bridgehead atoms. The number of hydrogen-bond acceptors (Lipinski definition) is 3. The number of oxime groups is 1. The Bertz CT molecular complexity index is 404. The van der Waals surface area contributed by atoms with Gasteiger partial charge in [-0.2, -0.15) is 0 Å². The Morgan fingerprint density at radius 3 is 3.00 bits per heavy atom. The molecule has 1 aliphatic heterocycles. The normalized spacial score (nSPS) is 36.3. The SMILES string of the molecule is CO/N=C\C1C2CNCC12c1ccccc1. The lowest BCUT2D eigenvalue weighted by molar-refractivity contribution is 0.214. The molecule has 2 aliphatic rings. The van der Waals surface area contributed by atoms with Crippen molar-refractivity contribution in [3.8, 4) is 0 Å². The van der Waals surface area contributed by atoms with Crippen LogP contribution < -0.4 is 5.32 Å². The molecule has 1 aromatic rings. The Hall–Kier alpha value is -1.35. The number of nitrogens with zero attached hydrogens (tertiary/aromatic N) is 1. The van der Waals surface area contributed by atoms with Gasteiger partial charge in [-0.3, -0.25) is 0 Å². The molecule has 3 heteroatoms. The van der Waals surface area contributed by atoms with E-state index in [4.69, 9.17) is 4.84 Å². The second kappa shape index (κ2) is 3.59. The van der Waals surface area contributed by atoms with Gasteiger partial charge in [-0.25, -0.2) is 0 Å². The highest BCUT2D eigenvalue weighted by Crippen LogP contribution is 2.60. The maximum atomic E-state index is 4.79. The topological polar surface area (TPSA) is 33.6 Å². The first-order valence-corrected chi connectivity index (χ1v) is 5.72. The Kier molecular flexibility index (Phi) is 2.21. The molecule has 1 saturated heterocycles. The van der Waals surface area contributed by atoms with Gasteiger partial charge in [-0.15, -0.1) is 0 Å². The summed E-state index contributed by atoms with van der Waals surface area (Å²) in [5, 5.41) is 7.40. The van der Waals surface area contributed by atoms with Gasteiger partial charge in [0.05, 0.1) is 0 Å². The van der Waals surface area contributed by atoms with Crippen molar-refractivity contribution in [1.82, 2.24) is 5.32 Å². The van der Waals surface area contributed by atoms with E-state index < -0.39 is 0 Å². The predicted molar refractivity (Wildman–Crippen MR) is 63.5 cm³/mol. The van der Waals surface area contributed by atoms with Crippen LogP contribution in [0.15, 0.2) is 35.5 Å². The molecule has 2 fully saturated rings. The average Bonchev–Trinajstić information content (AvgIpc) is 2.74. The number of benzene rings is 1. The minimum absolute atomic E-state index is 0.281. The van der Waals surface area contributed by atoms with Gasteiger partial charge in [0.1, 0.15) is 7.11 Å². The molecule has 3 atom stereocenters. The molecule has 0 aromatic heterocycles. The highest BCUT2D eigenvalue weighted by Gasteiger charge is 2.66. The zero-order valence-electron chi connectivity index (χ0n) is 9.39. The molecule has 1 aliphatic carbocycles. The van der Waals surface area contributed by atoms with Crippen molar-refractivity contribution >= 4 is 6.21 Å². The van der Waals surface area contributed by atoms with Crippen LogP contribution in [-0.4, -0.2) is 26.4 Å². The molecule has 3 unspecified atom stereocenters. The van der Waals surface area contributed by atoms with Crippen LogP contribution in [-0.2, 0) is 10.3 Å². The molecule has 16 heavy (non-hydrogen) atoms. The van der Waals surface area contributed by atoms with Gasteiger partial charge in [0, 0.05) is 24.1 Å². The zero-order valence-corrected chi connectivity index (χ0v) is 9.39. The van der Waals surface area contributed by atoms with E-state index in [1.54, 1.807) is 7.11 Å². The van der Waals surface area contributed by atoms with Gasteiger partial charge in [-0.05, 0) is 18.0 Å². The smallest absolute Gasteiger partial charge is 0.106 e. The van der Waals surface area contributed by atoms with Crippen LogP contribution in [0.3, 0.4) is 0 Å². The minimum Gasteiger partial charge on any atom is -0.399 e. The Labute approximate surface area is 95.5 Å². The summed E-state index contributed by atoms with van der Waals surface area (Å²) in [4.78, 5) is 4.79. The van der Waals surface area contributed by atoms with Crippen LogP contribution in [0, 0.1) is 11.8 Å². The van der Waals surface area contributed by atoms with Crippen LogP contribution in [0.5, 0.6) is 0 Å². The molecule has 3 rings (SSSR count). The van der Waals surface area contributed by atoms with E-state index in [2.05, 4.69) is 40.8 Å². The Morgan fingerprint density at radius 2 is 2.25 bits per heavy atom. The Morgan fingerprint density at radius 1 is 1.44 bits per heavy atom. The summed E-state index contributed by atoms with van der Waals surface area (Å²) in [6.07, 6.45) is 1.97. The van der Waals surface area contributed by atoms with Crippen molar-refractivity contribution in [3.63, 3.8) is 0 Å². The first kappa shape index (κ1) is 9.85. The lowest BCUT2D eigenvalue weighted by Crippen LogP contribution is -2.23. The summed E-state index contributed by atoms with van der Waals surface area (Å²) in [5.41, 5.74) is 1.71. The predicted octanol–water partition coefficient (Wildman–Crippen LogP) is 1.41. The van der Waals surface area contributed by atoms with E-state index in [1.807, 2.05) is 6.21 Å². The van der Waals surface area contributed by atoms with Crippen LogP contribution in [0.25, 0.3) is 0 Å². The van der Waals surface area contributed by atoms with E-state index in [9.17, 15) is 0 Å². The monoisotopic (exact) mass is 216 g/mol. The summed E-state index contributed by atoms with van der Waals surface area (Å²) < 4.78 is 0. The third-order valence-corrected chi connectivity index (χ3v) is 4.00. The van der Waals surface area contributed by atoms with E-state index in [0.717, 1.165) is 13.1 Å². The summed E-state index contributed by atoms with van der Waals surface area (Å²) in [6.45, 7) is 2.15. The lowest BCUT2D eigenvalue weighted by atomic mass is 9.93. The van der Waals surface area contributed by atoms with Crippen molar-refractivity contribution in [2.24, 2.45) is 17.0 Å². The van der Waals surface area contributed by atoms with Crippen LogP contribution in [0.1, 0.15) is 5.56 Å². The minimum atomic E-state index is 0.281. The second-order valence-corrected chi connectivity index (χ2v) is 4.61. The average molecular weight is 216 g/mol. The molecule has 1 heterocycles. The largest absolute Gasteiger partial charge is 0.399 e. The molecule has 0 radical (unpaired) electrons. The van der Waals surface area contributed by atoms with E-state index >= 15 is 0 Å². The van der Waals surface area contributed by atoms with Gasteiger partial charge < -0.3 is 10.2 Å². The van der Waals surface area contributed by atoms with Crippen molar-refractivity contribution in [2.75, 3.05) is 20.2 Å². The maximum Gasteiger partial charge on any atom is 0.106 e. The van der Waals surface area contributed by atoms with Crippen LogP contribution in [0.4, 0.5) is 0 Å². The number of nitrogens with one attached hydrogen (secondary N) is 1. The molecular weight excluding hydrogens is 200 g/mol. The van der Waals surface area contributed by atoms with Crippen molar-refractivity contribution in [1.29, 1.82) is 0 Å². The first-order valence-electron chi connectivity index (χ1n) is 5.72. The van der Waals surface area contributed by atoms with Gasteiger partial charge in [0.2, 0.25) is 0 Å². The van der Waals surface area contributed by atoms with Crippen molar-refractivity contribution < 1.29 is 4.84 Å². The number of hydrogen-bond donors (Lipinski definition) is 1. The molecule has 1 N–H and O–H groups in total. The van der Waals surface area contributed by atoms with E-state index in [0.29, 0.717) is 11.8 Å². The highest BCUT2D eigenvalue weighted by atomic mass is 16.6. The third-order valence-electron chi connectivity index (χ3n) is 4.00. The number of rotatable bonds is 3. The standard InChI is InChI=1S/C13H16N2O/c1-16-15-8-12-11-7-14-9-13(11,12)10-5-3-2-4-6-10/h2-6,8,11-12,14H,7,9H2,1H3/b15-8-. The summed E-state index contributed by atoms with van der Waals surface area (Å²) in [7, 11) is 1.60. The molecule has 1 aromatic carbocycles. The fraction of sp³-hybridized carbons (Fsp3) is 0.462. The number of fused-ring (bicyclic) bond motifs is 1. The first-order chi connectivity index (χ1) is 7.89. The zero-order chi connectivity index (χ0) is 11.0. The molecule has 3 nitrogen and oxygen atoms in total. The third kappa shape index (κ3) is 1.21. The lowest BCUT2D eigenvalue weighted by Gasteiger charge is -2.13. The molecule has 1 saturated carbocycles. The van der Waals surface area contributed by atoms with Crippen molar-refractivity contribution in [3.05, 3.63) is 35.9 Å². The molecule has 84 valence electrons. The van der Waals surface area contributed by atoms with E-state index in [-0.39, 0.29) is 5.41 Å². The summed E-state index contributed by atoms with van der Waals surface area (Å²) in [6, 6.07) is 10.7. The van der Waals surface area contributed by atoms with Crippen LogP contribution in [0.2, 0.25) is 0 Å². The number of piperidine rings is 1. The van der Waals surface area contributed by atoms with Gasteiger partial charge in [0.25, 0.3) is 0 Å². The molecule has 0 amide bonds. The van der Waals surface area contributed by atoms with E-state index in [1.165, 1.54) is 5.56 Å². The highest BCUT2D eigenvalue weighted by molar-refractivity contribution is 5.71. The molecule has 0 spiro atoms. The van der Waals surface area contributed by atoms with Gasteiger partial charge in [-0.1, -0.05) is 35.5 Å². The molecular formula is C13H16N2O.